The van der Waals surface area contributed by atoms with Crippen LogP contribution in [0.1, 0.15) is 22.8 Å². The summed E-state index contributed by atoms with van der Waals surface area (Å²) in [7, 11) is 0. The summed E-state index contributed by atoms with van der Waals surface area (Å²) in [6.07, 6.45) is 0. The smallest absolute Gasteiger partial charge is 0.304 e. The van der Waals surface area contributed by atoms with Gasteiger partial charge in [0, 0.05) is 17.4 Å². The molecule has 0 saturated heterocycles. The lowest BCUT2D eigenvalue weighted by atomic mass is 10.1. The zero-order valence-electron chi connectivity index (χ0n) is 11.9. The summed E-state index contributed by atoms with van der Waals surface area (Å²) in [5, 5.41) is 0. The minimum atomic E-state index is -0.868. The van der Waals surface area contributed by atoms with E-state index in [1.165, 1.54) is 18.7 Å². The van der Waals surface area contributed by atoms with Crippen LogP contribution in [-0.2, 0) is 9.53 Å². The lowest BCUT2D eigenvalue weighted by Crippen LogP contribution is -2.23. The van der Waals surface area contributed by atoms with Gasteiger partial charge in [0.25, 0.3) is 0 Å². The quantitative estimate of drug-likeness (QED) is 0.364. The Hall–Kier alpha value is -2.07. The van der Waals surface area contributed by atoms with Crippen molar-refractivity contribution in [1.82, 2.24) is 0 Å². The average Bonchev–Trinajstić information content (AvgIpc) is 2.48. The molecular formula is C17H16O3S. The minimum absolute atomic E-state index is 0.212. The number of carbonyl (C=O) groups excluding carboxylic acids is 2. The van der Waals surface area contributed by atoms with Gasteiger partial charge in [0.2, 0.25) is 11.2 Å². The van der Waals surface area contributed by atoms with E-state index in [-0.39, 0.29) is 5.78 Å². The number of benzene rings is 2. The first-order valence-electron chi connectivity index (χ1n) is 6.56. The summed E-state index contributed by atoms with van der Waals surface area (Å²) >= 11 is 1.24. The summed E-state index contributed by atoms with van der Waals surface area (Å²) in [4.78, 5) is 24.6. The standard InChI is InChI=1S/C17H16O3S/c1-12-8-10-15(11-9-12)21-17(20-13(2)18)16(19)14-6-4-3-5-7-14/h3-11,17H,1-2H3. The van der Waals surface area contributed by atoms with E-state index in [1.54, 1.807) is 24.3 Å². The van der Waals surface area contributed by atoms with Crippen LogP contribution in [0.25, 0.3) is 0 Å². The third kappa shape index (κ3) is 4.46. The van der Waals surface area contributed by atoms with Crippen LogP contribution in [0.3, 0.4) is 0 Å². The molecule has 0 N–H and O–H groups in total. The Morgan fingerprint density at radius 1 is 1.00 bits per heavy atom. The van der Waals surface area contributed by atoms with Crippen molar-refractivity contribution in [2.24, 2.45) is 0 Å². The molecule has 0 radical (unpaired) electrons. The van der Waals surface area contributed by atoms with Gasteiger partial charge in [-0.25, -0.2) is 0 Å². The second-order valence-corrected chi connectivity index (χ2v) is 5.74. The monoisotopic (exact) mass is 300 g/mol. The number of Topliss-reactive ketones (excluding diaryl/α,β-unsaturated/α-hetero) is 1. The number of carbonyl (C=O) groups is 2. The van der Waals surface area contributed by atoms with E-state index in [1.807, 2.05) is 37.3 Å². The maximum Gasteiger partial charge on any atom is 0.304 e. The third-order valence-corrected chi connectivity index (χ3v) is 3.88. The maximum absolute atomic E-state index is 12.5. The first kappa shape index (κ1) is 15.3. The van der Waals surface area contributed by atoms with Crippen LogP contribution in [0.4, 0.5) is 0 Å². The summed E-state index contributed by atoms with van der Waals surface area (Å²) in [5.74, 6) is -0.680. The zero-order valence-corrected chi connectivity index (χ0v) is 12.7. The largest absolute Gasteiger partial charge is 0.443 e. The fraction of sp³-hybridized carbons (Fsp3) is 0.176. The van der Waals surface area contributed by atoms with Gasteiger partial charge >= 0.3 is 5.97 Å². The zero-order chi connectivity index (χ0) is 15.2. The molecule has 0 bridgehead atoms. The lowest BCUT2D eigenvalue weighted by molar-refractivity contribution is -0.141. The molecule has 0 saturated carbocycles. The molecule has 0 fully saturated rings. The summed E-state index contributed by atoms with van der Waals surface area (Å²) in [6.45, 7) is 3.30. The average molecular weight is 300 g/mol. The van der Waals surface area contributed by atoms with Gasteiger partial charge in [0.15, 0.2) is 0 Å². The molecule has 1 atom stereocenters. The molecule has 2 rings (SSSR count). The Morgan fingerprint density at radius 3 is 2.19 bits per heavy atom. The van der Waals surface area contributed by atoms with E-state index in [2.05, 4.69) is 0 Å². The van der Waals surface area contributed by atoms with Crippen molar-refractivity contribution in [3.05, 3.63) is 65.7 Å². The van der Waals surface area contributed by atoms with Crippen LogP contribution in [-0.4, -0.2) is 17.2 Å². The summed E-state index contributed by atoms with van der Waals surface area (Å²) in [6, 6.07) is 16.6. The topological polar surface area (TPSA) is 43.4 Å². The molecule has 21 heavy (non-hydrogen) atoms. The van der Waals surface area contributed by atoms with Crippen LogP contribution in [0.5, 0.6) is 0 Å². The van der Waals surface area contributed by atoms with E-state index in [4.69, 9.17) is 4.74 Å². The first-order valence-corrected chi connectivity index (χ1v) is 7.44. The predicted molar refractivity (Wildman–Crippen MR) is 83.4 cm³/mol. The van der Waals surface area contributed by atoms with E-state index in [9.17, 15) is 9.59 Å². The van der Waals surface area contributed by atoms with Crippen molar-refractivity contribution in [3.63, 3.8) is 0 Å². The van der Waals surface area contributed by atoms with Crippen molar-refractivity contribution >= 4 is 23.5 Å². The lowest BCUT2D eigenvalue weighted by Gasteiger charge is -2.15. The summed E-state index contributed by atoms with van der Waals surface area (Å²) < 4.78 is 5.18. The van der Waals surface area contributed by atoms with Gasteiger partial charge in [-0.15, -0.1) is 0 Å². The molecule has 0 heterocycles. The Labute approximate surface area is 128 Å². The second kappa shape index (κ2) is 7.09. The number of aryl methyl sites for hydroxylation is 1. The van der Waals surface area contributed by atoms with E-state index >= 15 is 0 Å². The molecule has 0 aliphatic heterocycles. The highest BCUT2D eigenvalue weighted by atomic mass is 32.2. The Bertz CT molecular complexity index is 620. The van der Waals surface area contributed by atoms with Crippen molar-refractivity contribution in [1.29, 1.82) is 0 Å². The first-order chi connectivity index (χ1) is 10.1. The molecule has 0 spiro atoms. The van der Waals surface area contributed by atoms with Crippen molar-refractivity contribution in [2.45, 2.75) is 24.2 Å². The highest BCUT2D eigenvalue weighted by Crippen LogP contribution is 2.27. The van der Waals surface area contributed by atoms with Crippen molar-refractivity contribution in [2.75, 3.05) is 0 Å². The maximum atomic E-state index is 12.5. The molecule has 2 aromatic carbocycles. The second-order valence-electron chi connectivity index (χ2n) is 4.60. The highest BCUT2D eigenvalue weighted by molar-refractivity contribution is 8.00. The van der Waals surface area contributed by atoms with Crippen LogP contribution in [0, 0.1) is 6.92 Å². The fourth-order valence-corrected chi connectivity index (χ4v) is 2.73. The highest BCUT2D eigenvalue weighted by Gasteiger charge is 2.24. The number of ketones is 1. The third-order valence-electron chi connectivity index (χ3n) is 2.81. The molecule has 108 valence electrons. The minimum Gasteiger partial charge on any atom is -0.443 e. The molecule has 0 aliphatic carbocycles. The van der Waals surface area contributed by atoms with Crippen LogP contribution >= 0.6 is 11.8 Å². The van der Waals surface area contributed by atoms with Gasteiger partial charge in [0.05, 0.1) is 0 Å². The van der Waals surface area contributed by atoms with Crippen LogP contribution in [0.15, 0.2) is 59.5 Å². The SMILES string of the molecule is CC(=O)OC(Sc1ccc(C)cc1)C(=O)c1ccccc1. The fourth-order valence-electron chi connectivity index (χ4n) is 1.76. The van der Waals surface area contributed by atoms with Gasteiger partial charge < -0.3 is 4.74 Å². The Kier molecular flexibility index (Phi) is 5.17. The number of ether oxygens (including phenoxy) is 1. The molecule has 4 heteroatoms. The van der Waals surface area contributed by atoms with E-state index in [0.29, 0.717) is 5.56 Å². The van der Waals surface area contributed by atoms with Gasteiger partial charge in [-0.05, 0) is 19.1 Å². The number of esters is 1. The van der Waals surface area contributed by atoms with Crippen molar-refractivity contribution < 1.29 is 14.3 Å². The Morgan fingerprint density at radius 2 is 1.62 bits per heavy atom. The van der Waals surface area contributed by atoms with Crippen LogP contribution < -0.4 is 0 Å². The molecular weight excluding hydrogens is 284 g/mol. The van der Waals surface area contributed by atoms with Gasteiger partial charge in [-0.1, -0.05) is 59.8 Å². The molecule has 0 aromatic heterocycles. The van der Waals surface area contributed by atoms with Gasteiger partial charge in [-0.2, -0.15) is 0 Å². The molecule has 1 unspecified atom stereocenters. The number of hydrogen-bond acceptors (Lipinski definition) is 4. The molecule has 0 amide bonds. The molecule has 3 nitrogen and oxygen atoms in total. The predicted octanol–water partition coefficient (Wildman–Crippen LogP) is 3.86. The molecule has 0 aliphatic rings. The van der Waals surface area contributed by atoms with Crippen molar-refractivity contribution in [3.8, 4) is 0 Å². The van der Waals surface area contributed by atoms with E-state index in [0.717, 1.165) is 10.5 Å². The van der Waals surface area contributed by atoms with Gasteiger partial charge in [-0.3, -0.25) is 9.59 Å². The summed E-state index contributed by atoms with van der Waals surface area (Å²) in [5.41, 5.74) is 0.800. The Balaban J connectivity index is 2.20. The number of thioether (sulfide) groups is 1. The number of hydrogen-bond donors (Lipinski definition) is 0. The normalized spacial score (nSPS) is 11.7. The number of rotatable bonds is 5. The van der Waals surface area contributed by atoms with Crippen LogP contribution in [0.2, 0.25) is 0 Å². The molecule has 2 aromatic rings. The van der Waals surface area contributed by atoms with Gasteiger partial charge in [0.1, 0.15) is 0 Å². The van der Waals surface area contributed by atoms with E-state index < -0.39 is 11.4 Å².